The first-order valence-electron chi connectivity index (χ1n) is 19.7. The van der Waals surface area contributed by atoms with Gasteiger partial charge in [0.25, 0.3) is 0 Å². The molecule has 12 rings (SSSR count). The summed E-state index contributed by atoms with van der Waals surface area (Å²) in [6.45, 7) is 13.8. The number of hydrogen-bond donors (Lipinski definition) is 0. The minimum absolute atomic E-state index is 0.0846. The standard InChI is InChI=1S/2C26H22NO/c1-15-17(20-10-5-6-13-27(20)4)14-19-23-24-21(28-25(15)23)12-11-16-8-7-9-18(22(16)24)26(19,2)3;1-15-14-20-24-23-19(28-20)12-11-16-8-7-9-17(22(16)23)26(2,3)25(24)21(15)18-10-5-6-13-27(18)4/h2*5-14H,1-4H3/q2*+1. The Kier molecular flexibility index (Phi) is 6.60. The minimum atomic E-state index is -0.118. The van der Waals surface area contributed by atoms with E-state index in [0.717, 1.165) is 22.3 Å². The van der Waals surface area contributed by atoms with E-state index in [2.05, 4.69) is 186 Å². The second kappa shape index (κ2) is 11.2. The predicted molar refractivity (Wildman–Crippen MR) is 229 cm³/mol. The van der Waals surface area contributed by atoms with Gasteiger partial charge in [-0.2, -0.15) is 0 Å². The third-order valence-electron chi connectivity index (χ3n) is 13.3. The smallest absolute Gasteiger partial charge is 0.212 e. The van der Waals surface area contributed by atoms with Crippen LogP contribution in [0.1, 0.15) is 61.1 Å². The Hall–Kier alpha value is -6.26. The van der Waals surface area contributed by atoms with Crippen molar-refractivity contribution < 1.29 is 18.0 Å². The Labute approximate surface area is 326 Å². The van der Waals surface area contributed by atoms with Crippen LogP contribution in [-0.2, 0) is 24.9 Å². The SMILES string of the molecule is Cc1c(-c2cccc[n+]2C)cc2c3c1oc1ccc4cccc(c4c13)C2(C)C.Cc1cc2oc3ccc4cccc5c4c3c2c(c1-c1cccc[n+]1C)C5(C)C. The van der Waals surface area contributed by atoms with E-state index in [-0.39, 0.29) is 10.8 Å². The molecule has 0 bridgehead atoms. The van der Waals surface area contributed by atoms with Crippen LogP contribution in [0.25, 0.3) is 87.9 Å². The van der Waals surface area contributed by atoms with Crippen LogP contribution in [0.5, 0.6) is 0 Å². The fourth-order valence-corrected chi connectivity index (χ4v) is 10.5. The van der Waals surface area contributed by atoms with Gasteiger partial charge in [0, 0.05) is 62.2 Å². The van der Waals surface area contributed by atoms with E-state index in [1.807, 2.05) is 0 Å². The van der Waals surface area contributed by atoms with Gasteiger partial charge in [-0.3, -0.25) is 0 Å². The Morgan fingerprint density at radius 1 is 0.482 bits per heavy atom. The summed E-state index contributed by atoms with van der Waals surface area (Å²) in [5.41, 5.74) is 16.8. The first kappa shape index (κ1) is 33.1. The second-order valence-electron chi connectivity index (χ2n) is 17.1. The van der Waals surface area contributed by atoms with Gasteiger partial charge in [-0.1, -0.05) is 76.2 Å². The lowest BCUT2D eigenvalue weighted by molar-refractivity contribution is -0.660. The molecule has 4 heteroatoms. The number of aromatic nitrogens is 2. The molecule has 0 amide bonds. The molecule has 0 aliphatic heterocycles. The van der Waals surface area contributed by atoms with Crippen molar-refractivity contribution in [3.63, 3.8) is 0 Å². The maximum atomic E-state index is 6.49. The molecule has 0 saturated carbocycles. The molecular formula is C52H44N2O2+2. The fraction of sp³-hybridized carbons (Fsp3) is 0.192. The van der Waals surface area contributed by atoms with Crippen LogP contribution in [0, 0.1) is 13.8 Å². The highest BCUT2D eigenvalue weighted by atomic mass is 16.3. The van der Waals surface area contributed by atoms with Crippen molar-refractivity contribution in [2.24, 2.45) is 14.1 Å². The van der Waals surface area contributed by atoms with Crippen molar-refractivity contribution in [2.75, 3.05) is 0 Å². The summed E-state index contributed by atoms with van der Waals surface area (Å²) in [5, 5.41) is 10.4. The lowest BCUT2D eigenvalue weighted by Gasteiger charge is -2.33. The van der Waals surface area contributed by atoms with Crippen molar-refractivity contribution in [1.29, 1.82) is 0 Å². The molecule has 4 nitrogen and oxygen atoms in total. The number of hydrogen-bond acceptors (Lipinski definition) is 2. The normalized spacial score (nSPS) is 14.7. The molecule has 4 aromatic heterocycles. The van der Waals surface area contributed by atoms with Gasteiger partial charge >= 0.3 is 0 Å². The monoisotopic (exact) mass is 728 g/mol. The van der Waals surface area contributed by atoms with Gasteiger partial charge in [-0.15, -0.1) is 0 Å². The molecule has 0 radical (unpaired) electrons. The van der Waals surface area contributed by atoms with Crippen LogP contribution >= 0.6 is 0 Å². The summed E-state index contributed by atoms with van der Waals surface area (Å²) < 4.78 is 17.3. The quantitative estimate of drug-likeness (QED) is 0.166. The van der Waals surface area contributed by atoms with Crippen molar-refractivity contribution >= 4 is 65.4 Å². The number of benzene rings is 6. The van der Waals surface area contributed by atoms with E-state index in [0.29, 0.717) is 0 Å². The van der Waals surface area contributed by atoms with E-state index < -0.39 is 0 Å². The average molecular weight is 729 g/mol. The van der Waals surface area contributed by atoms with Crippen molar-refractivity contribution in [1.82, 2.24) is 0 Å². The van der Waals surface area contributed by atoms with E-state index in [9.17, 15) is 0 Å². The molecule has 0 saturated heterocycles. The van der Waals surface area contributed by atoms with Crippen molar-refractivity contribution in [2.45, 2.75) is 52.4 Å². The molecule has 10 aromatic rings. The zero-order valence-electron chi connectivity index (χ0n) is 33.3. The summed E-state index contributed by atoms with van der Waals surface area (Å²) in [6.07, 6.45) is 4.23. The maximum Gasteiger partial charge on any atom is 0.212 e. The fourth-order valence-electron chi connectivity index (χ4n) is 10.5. The first-order chi connectivity index (χ1) is 27.0. The summed E-state index contributed by atoms with van der Waals surface area (Å²) in [5.74, 6) is 0. The van der Waals surface area contributed by atoms with Gasteiger partial charge in [0.15, 0.2) is 12.4 Å². The Morgan fingerprint density at radius 2 is 1.07 bits per heavy atom. The summed E-state index contributed by atoms with van der Waals surface area (Å²) in [7, 11) is 4.23. The van der Waals surface area contributed by atoms with Gasteiger partial charge in [0.2, 0.25) is 11.4 Å². The Balaban J connectivity index is 0.000000130. The van der Waals surface area contributed by atoms with Crippen LogP contribution in [0.2, 0.25) is 0 Å². The van der Waals surface area contributed by atoms with Crippen LogP contribution in [0.15, 0.2) is 130 Å². The highest BCUT2D eigenvalue weighted by Crippen LogP contribution is 2.54. The van der Waals surface area contributed by atoms with E-state index in [4.69, 9.17) is 8.83 Å². The molecule has 2 aliphatic rings. The van der Waals surface area contributed by atoms with E-state index >= 15 is 0 Å². The summed E-state index contributed by atoms with van der Waals surface area (Å²) >= 11 is 0. The second-order valence-corrected chi connectivity index (χ2v) is 17.1. The number of furan rings is 2. The Bertz CT molecular complexity index is 3360. The van der Waals surface area contributed by atoms with Crippen LogP contribution in [0.3, 0.4) is 0 Å². The molecule has 0 spiro atoms. The van der Waals surface area contributed by atoms with Gasteiger partial charge in [0.05, 0.1) is 11.1 Å². The van der Waals surface area contributed by atoms with Crippen molar-refractivity contribution in [3.05, 3.63) is 155 Å². The zero-order valence-corrected chi connectivity index (χ0v) is 33.3. The molecule has 56 heavy (non-hydrogen) atoms. The molecule has 2 aliphatic carbocycles. The van der Waals surface area contributed by atoms with E-state index in [1.54, 1.807) is 0 Å². The largest absolute Gasteiger partial charge is 0.456 e. The number of aryl methyl sites for hydroxylation is 4. The predicted octanol–water partition coefficient (Wildman–Crippen LogP) is 12.4. The van der Waals surface area contributed by atoms with Crippen LogP contribution in [-0.4, -0.2) is 0 Å². The topological polar surface area (TPSA) is 34.0 Å². The van der Waals surface area contributed by atoms with Gasteiger partial charge in [-0.05, 0) is 99.6 Å². The number of nitrogens with zero attached hydrogens (tertiary/aromatic N) is 2. The molecule has 4 heterocycles. The summed E-state index contributed by atoms with van der Waals surface area (Å²) in [6, 6.07) is 39.4. The third-order valence-corrected chi connectivity index (χ3v) is 13.3. The van der Waals surface area contributed by atoms with Gasteiger partial charge < -0.3 is 8.83 Å². The molecule has 0 N–H and O–H groups in total. The Morgan fingerprint density at radius 3 is 1.71 bits per heavy atom. The summed E-state index contributed by atoms with van der Waals surface area (Å²) in [4.78, 5) is 0. The molecule has 0 fully saturated rings. The maximum absolute atomic E-state index is 6.49. The number of pyridine rings is 2. The third kappa shape index (κ3) is 4.19. The zero-order chi connectivity index (χ0) is 38.4. The molecule has 0 unspecified atom stereocenters. The highest BCUT2D eigenvalue weighted by Gasteiger charge is 2.39. The van der Waals surface area contributed by atoms with E-state index in [1.165, 1.54) is 99.0 Å². The van der Waals surface area contributed by atoms with Gasteiger partial charge in [0.1, 0.15) is 36.4 Å². The molecule has 272 valence electrons. The lowest BCUT2D eigenvalue weighted by Crippen LogP contribution is -2.32. The van der Waals surface area contributed by atoms with Crippen LogP contribution < -0.4 is 9.13 Å². The first-order valence-corrected chi connectivity index (χ1v) is 19.7. The average Bonchev–Trinajstić information content (AvgIpc) is 3.77. The highest BCUT2D eigenvalue weighted by molar-refractivity contribution is 6.25. The molecular weight excluding hydrogens is 685 g/mol. The van der Waals surface area contributed by atoms with Crippen molar-refractivity contribution in [3.8, 4) is 22.5 Å². The van der Waals surface area contributed by atoms with Crippen LogP contribution in [0.4, 0.5) is 0 Å². The minimum Gasteiger partial charge on any atom is -0.456 e. The molecule has 6 aromatic carbocycles. The van der Waals surface area contributed by atoms with Gasteiger partial charge in [-0.25, -0.2) is 9.13 Å². The lowest BCUT2D eigenvalue weighted by atomic mass is 9.68. The number of rotatable bonds is 2. The molecule has 0 atom stereocenters.